The molecule has 25 heavy (non-hydrogen) atoms. The second kappa shape index (κ2) is 8.48. The minimum absolute atomic E-state index is 0.0196. The summed E-state index contributed by atoms with van der Waals surface area (Å²) in [5.74, 6) is 0.813. The van der Waals surface area contributed by atoms with Gasteiger partial charge in [0.2, 0.25) is 0 Å². The van der Waals surface area contributed by atoms with Gasteiger partial charge < -0.3 is 19.3 Å². The van der Waals surface area contributed by atoms with Gasteiger partial charge in [-0.2, -0.15) is 0 Å². The van der Waals surface area contributed by atoms with Crippen molar-refractivity contribution in [1.29, 1.82) is 0 Å². The van der Waals surface area contributed by atoms with Crippen LogP contribution >= 0.6 is 0 Å². The van der Waals surface area contributed by atoms with E-state index >= 15 is 0 Å². The first-order valence-corrected chi connectivity index (χ1v) is 8.90. The van der Waals surface area contributed by atoms with E-state index in [1.807, 2.05) is 49.4 Å². The molecule has 0 radical (unpaired) electrons. The average Bonchev–Trinajstić information content (AvgIpc) is 2.68. The van der Waals surface area contributed by atoms with Crippen molar-refractivity contribution in [2.24, 2.45) is 0 Å². The summed E-state index contributed by atoms with van der Waals surface area (Å²) >= 11 is 0. The number of methoxy groups -OCH3 is 1. The normalized spacial score (nSPS) is 21.7. The fourth-order valence-electron chi connectivity index (χ4n) is 3.24. The first-order chi connectivity index (χ1) is 12.2. The molecule has 1 saturated heterocycles. The lowest BCUT2D eigenvalue weighted by Gasteiger charge is -2.29. The van der Waals surface area contributed by atoms with E-state index in [-0.39, 0.29) is 12.4 Å². The van der Waals surface area contributed by atoms with Crippen LogP contribution < -0.4 is 4.74 Å². The molecule has 1 N–H and O–H groups in total. The first-order valence-electron chi connectivity index (χ1n) is 8.90. The number of ether oxygens (including phenoxy) is 3. The van der Waals surface area contributed by atoms with E-state index in [4.69, 9.17) is 14.2 Å². The Kier molecular flexibility index (Phi) is 6.08. The summed E-state index contributed by atoms with van der Waals surface area (Å²) in [6.07, 6.45) is 2.20. The monoisotopic (exact) mass is 342 g/mol. The topological polar surface area (TPSA) is 47.9 Å². The minimum Gasteiger partial charge on any atom is -0.494 e. The van der Waals surface area contributed by atoms with Gasteiger partial charge in [-0.25, -0.2) is 0 Å². The predicted octanol–water partition coefficient (Wildman–Crippen LogP) is 4.38. The number of aliphatic hydroxyl groups is 1. The van der Waals surface area contributed by atoms with Crippen LogP contribution in [0.4, 0.5) is 0 Å². The molecule has 3 rings (SSSR count). The summed E-state index contributed by atoms with van der Waals surface area (Å²) in [7, 11) is 1.68. The molecule has 4 nitrogen and oxygen atoms in total. The molecular formula is C21H26O4. The van der Waals surface area contributed by atoms with Crippen LogP contribution in [-0.4, -0.2) is 25.1 Å². The Bertz CT molecular complexity index is 668. The van der Waals surface area contributed by atoms with Crippen molar-refractivity contribution in [1.82, 2.24) is 0 Å². The van der Waals surface area contributed by atoms with Crippen molar-refractivity contribution in [3.8, 4) is 5.75 Å². The third kappa shape index (κ3) is 4.40. The second-order valence-corrected chi connectivity index (χ2v) is 6.30. The van der Waals surface area contributed by atoms with E-state index < -0.39 is 6.10 Å². The molecule has 0 amide bonds. The highest BCUT2D eigenvalue weighted by Crippen LogP contribution is 2.33. The summed E-state index contributed by atoms with van der Waals surface area (Å²) in [6, 6.07) is 15.6. The molecule has 0 aromatic heterocycles. The SMILES string of the molecule is CCOc1ccc(C(O)c2cccc(C3CCCC(OC)O3)c2)cc1. The number of benzene rings is 2. The maximum absolute atomic E-state index is 10.7. The molecule has 2 aromatic carbocycles. The molecule has 3 unspecified atom stereocenters. The number of hydrogen-bond acceptors (Lipinski definition) is 4. The molecule has 134 valence electrons. The van der Waals surface area contributed by atoms with Gasteiger partial charge >= 0.3 is 0 Å². The molecule has 0 aliphatic carbocycles. The van der Waals surface area contributed by atoms with Gasteiger partial charge in [0.25, 0.3) is 0 Å². The van der Waals surface area contributed by atoms with Crippen LogP contribution in [0.2, 0.25) is 0 Å². The van der Waals surface area contributed by atoms with Crippen molar-refractivity contribution >= 4 is 0 Å². The smallest absolute Gasteiger partial charge is 0.158 e. The van der Waals surface area contributed by atoms with Gasteiger partial charge in [0.15, 0.2) is 6.29 Å². The predicted molar refractivity (Wildman–Crippen MR) is 96.6 cm³/mol. The van der Waals surface area contributed by atoms with Crippen molar-refractivity contribution in [3.63, 3.8) is 0 Å². The molecule has 1 aliphatic rings. The van der Waals surface area contributed by atoms with Crippen molar-refractivity contribution in [3.05, 3.63) is 65.2 Å². The van der Waals surface area contributed by atoms with Gasteiger partial charge in [-0.05, 0) is 55.0 Å². The standard InChI is InChI=1S/C21H26O4/c1-3-24-18-12-10-15(11-13-18)21(22)17-7-4-6-16(14-17)19-8-5-9-20(23-2)25-19/h4,6-7,10-14,19-22H,3,5,8-9H2,1-2H3. The van der Waals surface area contributed by atoms with Gasteiger partial charge in [0.1, 0.15) is 11.9 Å². The van der Waals surface area contributed by atoms with E-state index in [0.717, 1.165) is 41.7 Å². The van der Waals surface area contributed by atoms with Gasteiger partial charge in [0.05, 0.1) is 12.7 Å². The van der Waals surface area contributed by atoms with Gasteiger partial charge in [0, 0.05) is 7.11 Å². The van der Waals surface area contributed by atoms with Gasteiger partial charge in [-0.15, -0.1) is 0 Å². The van der Waals surface area contributed by atoms with E-state index in [1.54, 1.807) is 7.11 Å². The largest absolute Gasteiger partial charge is 0.494 e. The Balaban J connectivity index is 1.76. The van der Waals surface area contributed by atoms with Crippen molar-refractivity contribution < 1.29 is 19.3 Å². The molecule has 2 aromatic rings. The number of rotatable bonds is 6. The van der Waals surface area contributed by atoms with Crippen LogP contribution in [-0.2, 0) is 9.47 Å². The molecule has 4 heteroatoms. The highest BCUT2D eigenvalue weighted by molar-refractivity contribution is 5.36. The Labute approximate surface area is 149 Å². The zero-order valence-electron chi connectivity index (χ0n) is 14.9. The van der Waals surface area contributed by atoms with Crippen molar-refractivity contribution in [2.75, 3.05) is 13.7 Å². The Hall–Kier alpha value is -1.88. The minimum atomic E-state index is -0.669. The maximum atomic E-state index is 10.7. The molecule has 1 aliphatic heterocycles. The average molecular weight is 342 g/mol. The molecule has 1 fully saturated rings. The lowest BCUT2D eigenvalue weighted by atomic mass is 9.95. The van der Waals surface area contributed by atoms with Crippen LogP contribution in [0.3, 0.4) is 0 Å². The molecular weight excluding hydrogens is 316 g/mol. The van der Waals surface area contributed by atoms with E-state index in [1.165, 1.54) is 0 Å². The Morgan fingerprint density at radius 2 is 1.92 bits per heavy atom. The van der Waals surface area contributed by atoms with E-state index in [0.29, 0.717) is 6.61 Å². The molecule has 3 atom stereocenters. The maximum Gasteiger partial charge on any atom is 0.158 e. The third-order valence-electron chi connectivity index (χ3n) is 4.59. The van der Waals surface area contributed by atoms with Crippen LogP contribution in [0.25, 0.3) is 0 Å². The third-order valence-corrected chi connectivity index (χ3v) is 4.59. The molecule has 0 bridgehead atoms. The van der Waals surface area contributed by atoms with Crippen LogP contribution in [0.1, 0.15) is 55.1 Å². The lowest BCUT2D eigenvalue weighted by Crippen LogP contribution is -2.23. The molecule has 0 spiro atoms. The Morgan fingerprint density at radius 1 is 1.12 bits per heavy atom. The lowest BCUT2D eigenvalue weighted by molar-refractivity contribution is -0.182. The quantitative estimate of drug-likeness (QED) is 0.846. The summed E-state index contributed by atoms with van der Waals surface area (Å²) in [5.41, 5.74) is 2.80. The molecule has 0 saturated carbocycles. The van der Waals surface area contributed by atoms with Crippen molar-refractivity contribution in [2.45, 2.75) is 44.7 Å². The van der Waals surface area contributed by atoms with Crippen LogP contribution in [0.5, 0.6) is 5.75 Å². The summed E-state index contributed by atoms with van der Waals surface area (Å²) in [5, 5.41) is 10.7. The van der Waals surface area contributed by atoms with Gasteiger partial charge in [-0.3, -0.25) is 0 Å². The summed E-state index contributed by atoms with van der Waals surface area (Å²) < 4.78 is 16.8. The van der Waals surface area contributed by atoms with Gasteiger partial charge in [-0.1, -0.05) is 36.4 Å². The zero-order valence-corrected chi connectivity index (χ0v) is 14.9. The number of hydrogen-bond donors (Lipinski definition) is 1. The fraction of sp³-hybridized carbons (Fsp3) is 0.429. The Morgan fingerprint density at radius 3 is 2.64 bits per heavy atom. The summed E-state index contributed by atoms with van der Waals surface area (Å²) in [4.78, 5) is 0. The highest BCUT2D eigenvalue weighted by Gasteiger charge is 2.24. The second-order valence-electron chi connectivity index (χ2n) is 6.30. The summed E-state index contributed by atoms with van der Waals surface area (Å²) in [6.45, 7) is 2.59. The fourth-order valence-corrected chi connectivity index (χ4v) is 3.24. The zero-order chi connectivity index (χ0) is 17.6. The highest BCUT2D eigenvalue weighted by atomic mass is 16.7. The van der Waals surface area contributed by atoms with E-state index in [9.17, 15) is 5.11 Å². The molecule has 1 heterocycles. The van der Waals surface area contributed by atoms with Crippen LogP contribution in [0, 0.1) is 0 Å². The number of aliphatic hydroxyl groups excluding tert-OH is 1. The van der Waals surface area contributed by atoms with Crippen LogP contribution in [0.15, 0.2) is 48.5 Å². The first kappa shape index (κ1) is 17.9. The van der Waals surface area contributed by atoms with E-state index in [2.05, 4.69) is 6.07 Å².